The van der Waals surface area contributed by atoms with Crippen molar-refractivity contribution in [2.45, 2.75) is 78.2 Å². The molecule has 4 aliphatic carbocycles. The third kappa shape index (κ3) is 1.84. The van der Waals surface area contributed by atoms with Crippen molar-refractivity contribution in [2.24, 2.45) is 28.6 Å². The molecule has 0 saturated heterocycles. The summed E-state index contributed by atoms with van der Waals surface area (Å²) in [5.74, 6) is 2.19. The molecule has 0 bridgehead atoms. The SMILES string of the molecule is C=C1C[C@@H]2[C@H](CC[C@@]3(C)[C@H]2CC[C@]3(C)O)[C@@]2(C)CCC(=O)C(C)=C12. The zero-order valence-electron chi connectivity index (χ0n) is 15.7. The second-order valence-electron chi connectivity index (χ2n) is 9.79. The summed E-state index contributed by atoms with van der Waals surface area (Å²) in [6, 6.07) is 0. The highest BCUT2D eigenvalue weighted by Crippen LogP contribution is 2.68. The number of aliphatic hydroxyl groups is 1. The Hall–Kier alpha value is -0.890. The van der Waals surface area contributed by atoms with Crippen LogP contribution in [0.3, 0.4) is 0 Å². The van der Waals surface area contributed by atoms with Gasteiger partial charge in [-0.25, -0.2) is 0 Å². The number of rotatable bonds is 0. The van der Waals surface area contributed by atoms with Crippen molar-refractivity contribution in [1.29, 1.82) is 0 Å². The molecule has 0 heterocycles. The Kier molecular flexibility index (Phi) is 3.34. The summed E-state index contributed by atoms with van der Waals surface area (Å²) in [6.45, 7) is 13.2. The van der Waals surface area contributed by atoms with Crippen molar-refractivity contribution in [1.82, 2.24) is 0 Å². The van der Waals surface area contributed by atoms with Crippen molar-refractivity contribution in [3.8, 4) is 0 Å². The van der Waals surface area contributed by atoms with Gasteiger partial charge in [0.05, 0.1) is 5.60 Å². The fraction of sp³-hybridized carbons (Fsp3) is 0.773. The van der Waals surface area contributed by atoms with Gasteiger partial charge in [0, 0.05) is 6.42 Å². The number of fused-ring (bicyclic) bond motifs is 5. The first-order chi connectivity index (χ1) is 11.1. The first kappa shape index (κ1) is 16.6. The van der Waals surface area contributed by atoms with Gasteiger partial charge < -0.3 is 5.11 Å². The molecular formula is C22H32O2. The molecule has 0 aromatic carbocycles. The van der Waals surface area contributed by atoms with E-state index in [0.29, 0.717) is 30.0 Å². The molecule has 132 valence electrons. The van der Waals surface area contributed by atoms with E-state index in [1.807, 2.05) is 6.92 Å². The molecule has 0 aliphatic heterocycles. The predicted octanol–water partition coefficient (Wildman–Crippen LogP) is 4.83. The molecule has 4 aliphatic rings. The lowest BCUT2D eigenvalue weighted by molar-refractivity contribution is -0.122. The average molecular weight is 328 g/mol. The zero-order valence-corrected chi connectivity index (χ0v) is 15.7. The van der Waals surface area contributed by atoms with Gasteiger partial charge in [-0.3, -0.25) is 4.79 Å². The van der Waals surface area contributed by atoms with Gasteiger partial charge in [-0.1, -0.05) is 26.0 Å². The first-order valence-electron chi connectivity index (χ1n) is 9.77. The van der Waals surface area contributed by atoms with Crippen LogP contribution in [-0.4, -0.2) is 16.5 Å². The van der Waals surface area contributed by atoms with Crippen molar-refractivity contribution < 1.29 is 9.90 Å². The van der Waals surface area contributed by atoms with Gasteiger partial charge in [-0.2, -0.15) is 0 Å². The van der Waals surface area contributed by atoms with Crippen LogP contribution in [0, 0.1) is 28.6 Å². The maximum absolute atomic E-state index is 12.3. The molecular weight excluding hydrogens is 296 g/mol. The van der Waals surface area contributed by atoms with E-state index in [9.17, 15) is 9.90 Å². The Morgan fingerprint density at radius 1 is 1.08 bits per heavy atom. The van der Waals surface area contributed by atoms with Gasteiger partial charge in [0.25, 0.3) is 0 Å². The van der Waals surface area contributed by atoms with Gasteiger partial charge in [0.2, 0.25) is 0 Å². The minimum absolute atomic E-state index is 0.0472. The van der Waals surface area contributed by atoms with E-state index in [1.165, 1.54) is 17.6 Å². The van der Waals surface area contributed by atoms with Gasteiger partial charge >= 0.3 is 0 Å². The van der Waals surface area contributed by atoms with Crippen molar-refractivity contribution in [3.05, 3.63) is 23.3 Å². The average Bonchev–Trinajstić information content (AvgIpc) is 2.74. The molecule has 4 rings (SSSR count). The van der Waals surface area contributed by atoms with Crippen LogP contribution in [0.1, 0.15) is 72.6 Å². The second-order valence-corrected chi connectivity index (χ2v) is 9.79. The number of carbonyl (C=O) groups excluding carboxylic acids is 1. The van der Waals surface area contributed by atoms with E-state index in [4.69, 9.17) is 0 Å². The molecule has 0 aromatic rings. The second kappa shape index (κ2) is 4.84. The van der Waals surface area contributed by atoms with Gasteiger partial charge in [0.15, 0.2) is 5.78 Å². The lowest BCUT2D eigenvalue weighted by atomic mass is 9.45. The van der Waals surface area contributed by atoms with Crippen molar-refractivity contribution in [2.75, 3.05) is 0 Å². The van der Waals surface area contributed by atoms with Crippen LogP contribution in [0.4, 0.5) is 0 Å². The Morgan fingerprint density at radius 3 is 2.46 bits per heavy atom. The number of carbonyl (C=O) groups is 1. The standard InChI is InChI=1S/C22H32O2/c1-13-12-15-16(20(3)9-8-18(23)14(2)19(13)20)6-10-21(4)17(15)7-11-22(21,5)24/h15-17,24H,1,6-12H2,2-5H3/t15-,16+,17+,20-,21+,22+/m1/s1. The van der Waals surface area contributed by atoms with Gasteiger partial charge in [-0.15, -0.1) is 0 Å². The first-order valence-corrected chi connectivity index (χ1v) is 9.77. The van der Waals surface area contributed by atoms with E-state index < -0.39 is 5.60 Å². The van der Waals surface area contributed by atoms with Crippen molar-refractivity contribution >= 4 is 5.78 Å². The fourth-order valence-electron chi connectivity index (χ4n) is 7.29. The van der Waals surface area contributed by atoms with E-state index in [-0.39, 0.29) is 10.8 Å². The summed E-state index contributed by atoms with van der Waals surface area (Å²) in [4.78, 5) is 12.3. The summed E-state index contributed by atoms with van der Waals surface area (Å²) in [6.07, 6.45) is 7.08. The molecule has 2 heteroatoms. The third-order valence-electron chi connectivity index (χ3n) is 8.89. The van der Waals surface area contributed by atoms with E-state index in [2.05, 4.69) is 27.4 Å². The van der Waals surface area contributed by atoms with Crippen LogP contribution in [0.5, 0.6) is 0 Å². The zero-order chi connectivity index (χ0) is 17.5. The van der Waals surface area contributed by atoms with Crippen LogP contribution in [0.2, 0.25) is 0 Å². The number of hydrogen-bond donors (Lipinski definition) is 1. The third-order valence-corrected chi connectivity index (χ3v) is 8.89. The quantitative estimate of drug-likeness (QED) is 0.692. The molecule has 6 atom stereocenters. The Morgan fingerprint density at radius 2 is 1.75 bits per heavy atom. The highest BCUT2D eigenvalue weighted by atomic mass is 16.3. The topological polar surface area (TPSA) is 37.3 Å². The molecule has 0 spiro atoms. The highest BCUT2D eigenvalue weighted by Gasteiger charge is 2.63. The Balaban J connectivity index is 1.78. The van der Waals surface area contributed by atoms with Crippen LogP contribution in [0.15, 0.2) is 23.3 Å². The largest absolute Gasteiger partial charge is 0.390 e. The molecule has 0 unspecified atom stereocenters. The lowest BCUT2D eigenvalue weighted by Gasteiger charge is -2.59. The fourth-order valence-corrected chi connectivity index (χ4v) is 7.29. The normalized spacial score (nSPS) is 51.3. The molecule has 0 aromatic heterocycles. The van der Waals surface area contributed by atoms with Crippen LogP contribution in [0.25, 0.3) is 0 Å². The van der Waals surface area contributed by atoms with Crippen LogP contribution in [-0.2, 0) is 4.79 Å². The molecule has 2 nitrogen and oxygen atoms in total. The Labute approximate surface area is 146 Å². The minimum Gasteiger partial charge on any atom is -0.390 e. The summed E-state index contributed by atoms with van der Waals surface area (Å²) >= 11 is 0. The Bertz CT molecular complexity index is 655. The maximum Gasteiger partial charge on any atom is 0.158 e. The van der Waals surface area contributed by atoms with Crippen molar-refractivity contribution in [3.63, 3.8) is 0 Å². The van der Waals surface area contributed by atoms with Crippen LogP contribution < -0.4 is 0 Å². The maximum atomic E-state index is 12.3. The van der Waals surface area contributed by atoms with Gasteiger partial charge in [0.1, 0.15) is 0 Å². The summed E-state index contributed by atoms with van der Waals surface area (Å²) in [7, 11) is 0. The molecule has 1 N–H and O–H groups in total. The predicted molar refractivity (Wildman–Crippen MR) is 96.5 cm³/mol. The summed E-state index contributed by atoms with van der Waals surface area (Å²) in [5.41, 5.74) is 3.13. The summed E-state index contributed by atoms with van der Waals surface area (Å²) < 4.78 is 0. The lowest BCUT2D eigenvalue weighted by Crippen LogP contribution is -2.54. The van der Waals surface area contributed by atoms with E-state index >= 15 is 0 Å². The number of Topliss-reactive ketones (excluding diaryl/α,β-unsaturated/α-hetero) is 1. The molecule has 0 amide bonds. The summed E-state index contributed by atoms with van der Waals surface area (Å²) in [5, 5.41) is 11.0. The van der Waals surface area contributed by atoms with E-state index in [0.717, 1.165) is 37.7 Å². The van der Waals surface area contributed by atoms with Crippen LogP contribution >= 0.6 is 0 Å². The molecule has 24 heavy (non-hydrogen) atoms. The molecule has 3 fully saturated rings. The monoisotopic (exact) mass is 328 g/mol. The number of allylic oxidation sites excluding steroid dienone is 2. The minimum atomic E-state index is -0.528. The molecule has 0 radical (unpaired) electrons. The molecule has 3 saturated carbocycles. The highest BCUT2D eigenvalue weighted by molar-refractivity contribution is 5.97. The number of hydrogen-bond acceptors (Lipinski definition) is 2. The smallest absolute Gasteiger partial charge is 0.158 e. The van der Waals surface area contributed by atoms with E-state index in [1.54, 1.807) is 0 Å². The van der Waals surface area contributed by atoms with Gasteiger partial charge in [-0.05, 0) is 92.1 Å². The number of ketones is 1.